The van der Waals surface area contributed by atoms with Crippen molar-refractivity contribution in [2.45, 2.75) is 12.8 Å². The van der Waals surface area contributed by atoms with Crippen molar-refractivity contribution in [1.82, 2.24) is 10.6 Å². The molecule has 5 heteroatoms. The Morgan fingerprint density at radius 3 is 2.48 bits per heavy atom. The molecular weight excluding hydrogens is 268 g/mol. The summed E-state index contributed by atoms with van der Waals surface area (Å²) in [6.07, 6.45) is 0.657. The number of aliphatic carboxylic acids is 1. The minimum Gasteiger partial charge on any atom is -0.481 e. The third kappa shape index (κ3) is 4.49. The molecule has 2 amide bonds. The van der Waals surface area contributed by atoms with Crippen molar-refractivity contribution in [1.29, 1.82) is 0 Å². The molecule has 0 aliphatic rings. The van der Waals surface area contributed by atoms with E-state index in [1.165, 1.54) is 16.3 Å². The first-order valence-corrected chi connectivity index (χ1v) is 6.87. The highest BCUT2D eigenvalue weighted by Gasteiger charge is 2.03. The van der Waals surface area contributed by atoms with Gasteiger partial charge in [0.2, 0.25) is 0 Å². The zero-order valence-electron chi connectivity index (χ0n) is 11.6. The number of carbonyl (C=O) groups excluding carboxylic acids is 1. The smallest absolute Gasteiger partial charge is 0.314 e. The van der Waals surface area contributed by atoms with Gasteiger partial charge < -0.3 is 15.7 Å². The SMILES string of the molecule is O=C(O)CCNC(=O)NCCc1cccc2ccccc12. The Hall–Kier alpha value is -2.56. The van der Waals surface area contributed by atoms with Crippen molar-refractivity contribution >= 4 is 22.8 Å². The van der Waals surface area contributed by atoms with Gasteiger partial charge in [0.05, 0.1) is 6.42 Å². The molecule has 0 saturated carbocycles. The topological polar surface area (TPSA) is 78.4 Å². The molecule has 21 heavy (non-hydrogen) atoms. The van der Waals surface area contributed by atoms with E-state index in [0.29, 0.717) is 6.54 Å². The van der Waals surface area contributed by atoms with E-state index in [2.05, 4.69) is 28.8 Å². The van der Waals surface area contributed by atoms with Crippen molar-refractivity contribution in [3.8, 4) is 0 Å². The first-order valence-electron chi connectivity index (χ1n) is 6.87. The van der Waals surface area contributed by atoms with Crippen LogP contribution >= 0.6 is 0 Å². The van der Waals surface area contributed by atoms with E-state index in [4.69, 9.17) is 5.11 Å². The van der Waals surface area contributed by atoms with E-state index in [0.717, 1.165) is 6.42 Å². The summed E-state index contributed by atoms with van der Waals surface area (Å²) >= 11 is 0. The van der Waals surface area contributed by atoms with Crippen LogP contribution in [0.2, 0.25) is 0 Å². The van der Waals surface area contributed by atoms with E-state index in [-0.39, 0.29) is 19.0 Å². The molecule has 0 unspecified atom stereocenters. The van der Waals surface area contributed by atoms with Gasteiger partial charge in [-0.25, -0.2) is 4.79 Å². The molecule has 2 aromatic carbocycles. The number of carboxylic acid groups (broad SMARTS) is 1. The lowest BCUT2D eigenvalue weighted by Crippen LogP contribution is -2.37. The highest BCUT2D eigenvalue weighted by atomic mass is 16.4. The average molecular weight is 286 g/mol. The zero-order valence-corrected chi connectivity index (χ0v) is 11.6. The molecule has 0 aliphatic carbocycles. The van der Waals surface area contributed by atoms with E-state index < -0.39 is 5.97 Å². The van der Waals surface area contributed by atoms with Crippen molar-refractivity contribution in [3.63, 3.8) is 0 Å². The molecule has 0 aliphatic heterocycles. The Balaban J connectivity index is 1.82. The van der Waals surface area contributed by atoms with Crippen LogP contribution in [0.1, 0.15) is 12.0 Å². The number of amides is 2. The number of hydrogen-bond donors (Lipinski definition) is 3. The Morgan fingerprint density at radius 2 is 1.67 bits per heavy atom. The standard InChI is InChI=1S/C16H18N2O3/c19-15(20)9-11-18-16(21)17-10-8-13-6-3-5-12-4-1-2-7-14(12)13/h1-7H,8-11H2,(H,19,20)(H2,17,18,21). The summed E-state index contributed by atoms with van der Waals surface area (Å²) in [6.45, 7) is 0.641. The third-order valence-electron chi connectivity index (χ3n) is 3.18. The number of hydrogen-bond acceptors (Lipinski definition) is 2. The summed E-state index contributed by atoms with van der Waals surface area (Å²) in [5.41, 5.74) is 1.18. The summed E-state index contributed by atoms with van der Waals surface area (Å²) in [6, 6.07) is 13.9. The normalized spacial score (nSPS) is 10.3. The van der Waals surface area contributed by atoms with E-state index >= 15 is 0 Å². The van der Waals surface area contributed by atoms with Gasteiger partial charge in [0.15, 0.2) is 0 Å². The van der Waals surface area contributed by atoms with Crippen LogP contribution in [-0.4, -0.2) is 30.2 Å². The maximum atomic E-state index is 11.5. The van der Waals surface area contributed by atoms with Crippen LogP contribution in [0.4, 0.5) is 4.79 Å². The molecule has 3 N–H and O–H groups in total. The maximum absolute atomic E-state index is 11.5. The van der Waals surface area contributed by atoms with Gasteiger partial charge in [-0.1, -0.05) is 42.5 Å². The number of carbonyl (C=O) groups is 2. The lowest BCUT2D eigenvalue weighted by atomic mass is 10.0. The molecule has 0 saturated heterocycles. The average Bonchev–Trinajstić information content (AvgIpc) is 2.47. The Morgan fingerprint density at radius 1 is 0.952 bits per heavy atom. The molecule has 0 heterocycles. The Bertz CT molecular complexity index is 635. The first kappa shape index (κ1) is 14.8. The second kappa shape index (κ2) is 7.28. The van der Waals surface area contributed by atoms with Crippen LogP contribution in [0.15, 0.2) is 42.5 Å². The quantitative estimate of drug-likeness (QED) is 0.761. The van der Waals surface area contributed by atoms with Gasteiger partial charge in [0, 0.05) is 13.1 Å². The number of carboxylic acids is 1. The lowest BCUT2D eigenvalue weighted by molar-refractivity contribution is -0.136. The number of rotatable bonds is 6. The minimum atomic E-state index is -0.925. The fourth-order valence-electron chi connectivity index (χ4n) is 2.17. The first-order chi connectivity index (χ1) is 10.2. The molecule has 0 bridgehead atoms. The van der Waals surface area contributed by atoms with Gasteiger partial charge in [0.1, 0.15) is 0 Å². The van der Waals surface area contributed by atoms with Crippen LogP contribution in [0.25, 0.3) is 10.8 Å². The highest BCUT2D eigenvalue weighted by Crippen LogP contribution is 2.18. The van der Waals surface area contributed by atoms with Crippen LogP contribution in [0.3, 0.4) is 0 Å². The highest BCUT2D eigenvalue weighted by molar-refractivity contribution is 5.85. The maximum Gasteiger partial charge on any atom is 0.314 e. The van der Waals surface area contributed by atoms with Gasteiger partial charge in [-0.15, -0.1) is 0 Å². The zero-order chi connectivity index (χ0) is 15.1. The molecule has 5 nitrogen and oxygen atoms in total. The molecule has 0 spiro atoms. The molecular formula is C16H18N2O3. The van der Waals surface area contributed by atoms with Gasteiger partial charge in [-0.05, 0) is 22.8 Å². The van der Waals surface area contributed by atoms with Gasteiger partial charge in [0.25, 0.3) is 0 Å². The van der Waals surface area contributed by atoms with Crippen LogP contribution in [0, 0.1) is 0 Å². The minimum absolute atomic E-state index is 0.0727. The fraction of sp³-hybridized carbons (Fsp3) is 0.250. The molecule has 110 valence electrons. The van der Waals surface area contributed by atoms with Gasteiger partial charge in [-0.2, -0.15) is 0 Å². The molecule has 0 radical (unpaired) electrons. The Kier molecular flexibility index (Phi) is 5.15. The number of nitrogens with one attached hydrogen (secondary N) is 2. The molecule has 0 atom stereocenters. The Labute approximate surface area is 123 Å². The summed E-state index contributed by atoms with van der Waals surface area (Å²) in [4.78, 5) is 21.8. The fourth-order valence-corrected chi connectivity index (χ4v) is 2.17. The third-order valence-corrected chi connectivity index (χ3v) is 3.18. The van der Waals surface area contributed by atoms with Gasteiger partial charge >= 0.3 is 12.0 Å². The predicted molar refractivity (Wildman–Crippen MR) is 81.3 cm³/mol. The summed E-state index contributed by atoms with van der Waals surface area (Å²) < 4.78 is 0. The second-order valence-corrected chi connectivity index (χ2v) is 4.71. The second-order valence-electron chi connectivity index (χ2n) is 4.71. The van der Waals surface area contributed by atoms with Crippen LogP contribution in [-0.2, 0) is 11.2 Å². The van der Waals surface area contributed by atoms with Crippen molar-refractivity contribution in [3.05, 3.63) is 48.0 Å². The summed E-state index contributed by atoms with van der Waals surface area (Å²) in [5.74, 6) is -0.925. The van der Waals surface area contributed by atoms with E-state index in [1.54, 1.807) is 0 Å². The summed E-state index contributed by atoms with van der Waals surface area (Å²) in [7, 11) is 0. The number of urea groups is 1. The van der Waals surface area contributed by atoms with Crippen molar-refractivity contribution < 1.29 is 14.7 Å². The van der Waals surface area contributed by atoms with Crippen LogP contribution in [0.5, 0.6) is 0 Å². The monoisotopic (exact) mass is 286 g/mol. The van der Waals surface area contributed by atoms with E-state index in [1.807, 2.05) is 24.3 Å². The number of benzene rings is 2. The van der Waals surface area contributed by atoms with Crippen LogP contribution < -0.4 is 10.6 Å². The predicted octanol–water partition coefficient (Wildman–Crippen LogP) is 2.16. The van der Waals surface area contributed by atoms with E-state index in [9.17, 15) is 9.59 Å². The molecule has 0 fully saturated rings. The van der Waals surface area contributed by atoms with Crippen molar-refractivity contribution in [2.24, 2.45) is 0 Å². The molecule has 2 aromatic rings. The van der Waals surface area contributed by atoms with Gasteiger partial charge in [-0.3, -0.25) is 4.79 Å². The largest absolute Gasteiger partial charge is 0.481 e. The number of fused-ring (bicyclic) bond motifs is 1. The molecule has 0 aromatic heterocycles. The molecule has 2 rings (SSSR count). The summed E-state index contributed by atoms with van der Waals surface area (Å²) in [5, 5.41) is 16.1. The van der Waals surface area contributed by atoms with Crippen molar-refractivity contribution in [2.75, 3.05) is 13.1 Å². The lowest BCUT2D eigenvalue weighted by Gasteiger charge is -2.08.